The van der Waals surface area contributed by atoms with Gasteiger partial charge in [0.1, 0.15) is 5.82 Å². The second-order valence-electron chi connectivity index (χ2n) is 5.00. The topological polar surface area (TPSA) is 15.3 Å². The van der Waals surface area contributed by atoms with Gasteiger partial charge in [0.05, 0.1) is 10.4 Å². The Morgan fingerprint density at radius 3 is 2.59 bits per heavy atom. The monoisotopic (exact) mass is 424 g/mol. The lowest BCUT2D eigenvalue weighted by Crippen LogP contribution is -2.45. The van der Waals surface area contributed by atoms with Crippen molar-refractivity contribution < 1.29 is 4.39 Å². The fourth-order valence-electron chi connectivity index (χ4n) is 2.67. The molecule has 1 fully saturated rings. The number of hydrogen-bond donors (Lipinski definition) is 1. The number of nitrogens with zero attached hydrogens (tertiary/aromatic N) is 1. The second-order valence-corrected chi connectivity index (χ2v) is 7.60. The first-order valence-corrected chi connectivity index (χ1v) is 8.79. The smallest absolute Gasteiger partial charge is 0.123 e. The maximum atomic E-state index is 13.7. The van der Waals surface area contributed by atoms with Crippen molar-refractivity contribution in [1.29, 1.82) is 0 Å². The van der Waals surface area contributed by atoms with Crippen LogP contribution in [0.3, 0.4) is 0 Å². The van der Waals surface area contributed by atoms with Gasteiger partial charge in [0, 0.05) is 35.5 Å². The van der Waals surface area contributed by atoms with Gasteiger partial charge >= 0.3 is 0 Å². The molecule has 3 rings (SSSR count). The molecule has 0 aliphatic carbocycles. The SMILES string of the molecule is Cl.Fc1ccc(Br)c([C@H](c2ccc(Cl)s2)N2CCNCC2)c1. The number of halogens is 4. The zero-order valence-electron chi connectivity index (χ0n) is 11.7. The van der Waals surface area contributed by atoms with E-state index in [4.69, 9.17) is 11.6 Å². The summed E-state index contributed by atoms with van der Waals surface area (Å²) in [5.41, 5.74) is 0.954. The lowest BCUT2D eigenvalue weighted by molar-refractivity contribution is 0.200. The van der Waals surface area contributed by atoms with Gasteiger partial charge in [-0.05, 0) is 35.9 Å². The van der Waals surface area contributed by atoms with Crippen LogP contribution in [0.4, 0.5) is 4.39 Å². The molecule has 0 saturated carbocycles. The summed E-state index contributed by atoms with van der Waals surface area (Å²) in [5, 5.41) is 3.35. The highest BCUT2D eigenvalue weighted by Gasteiger charge is 2.27. The van der Waals surface area contributed by atoms with Crippen LogP contribution in [0, 0.1) is 5.82 Å². The van der Waals surface area contributed by atoms with Crippen LogP contribution >= 0.6 is 51.3 Å². The zero-order chi connectivity index (χ0) is 14.8. The first-order valence-electron chi connectivity index (χ1n) is 6.80. The van der Waals surface area contributed by atoms with Crippen LogP contribution in [-0.2, 0) is 0 Å². The summed E-state index contributed by atoms with van der Waals surface area (Å²) in [6.45, 7) is 3.76. The van der Waals surface area contributed by atoms with Gasteiger partial charge in [-0.1, -0.05) is 27.5 Å². The highest BCUT2D eigenvalue weighted by molar-refractivity contribution is 9.10. The number of rotatable bonds is 3. The van der Waals surface area contributed by atoms with Crippen molar-refractivity contribution in [2.45, 2.75) is 6.04 Å². The molecule has 0 bridgehead atoms. The van der Waals surface area contributed by atoms with Gasteiger partial charge in [0.25, 0.3) is 0 Å². The number of piperazine rings is 1. The molecular weight excluding hydrogens is 410 g/mol. The van der Waals surface area contributed by atoms with E-state index in [1.54, 1.807) is 23.5 Å². The van der Waals surface area contributed by atoms with Crippen LogP contribution in [0.5, 0.6) is 0 Å². The Balaban J connectivity index is 0.00000176. The average molecular weight is 426 g/mol. The number of benzene rings is 1. The fraction of sp³-hybridized carbons (Fsp3) is 0.333. The third-order valence-corrected chi connectivity index (χ3v) is 5.64. The van der Waals surface area contributed by atoms with Crippen molar-refractivity contribution in [3.63, 3.8) is 0 Å². The second kappa shape index (κ2) is 8.08. The Morgan fingerprint density at radius 1 is 1.23 bits per heavy atom. The zero-order valence-corrected chi connectivity index (χ0v) is 15.7. The largest absolute Gasteiger partial charge is 0.314 e. The van der Waals surface area contributed by atoms with E-state index >= 15 is 0 Å². The lowest BCUT2D eigenvalue weighted by atomic mass is 10.0. The molecule has 1 saturated heterocycles. The third-order valence-electron chi connectivity index (χ3n) is 3.63. The van der Waals surface area contributed by atoms with Crippen LogP contribution in [0.25, 0.3) is 0 Å². The minimum absolute atomic E-state index is 0. The first kappa shape index (κ1) is 18.2. The molecule has 1 N–H and O–H groups in total. The Kier molecular flexibility index (Phi) is 6.68. The molecule has 0 unspecified atom stereocenters. The van der Waals surface area contributed by atoms with Gasteiger partial charge in [-0.15, -0.1) is 23.7 Å². The van der Waals surface area contributed by atoms with Gasteiger partial charge in [0.2, 0.25) is 0 Å². The Bertz CT molecular complexity index is 632. The first-order chi connectivity index (χ1) is 10.1. The molecule has 1 aliphatic heterocycles. The maximum Gasteiger partial charge on any atom is 0.123 e. The molecule has 7 heteroatoms. The average Bonchev–Trinajstić information content (AvgIpc) is 2.90. The van der Waals surface area contributed by atoms with E-state index in [1.807, 2.05) is 12.1 Å². The van der Waals surface area contributed by atoms with Gasteiger partial charge in [-0.3, -0.25) is 4.90 Å². The van der Waals surface area contributed by atoms with Gasteiger partial charge in [-0.2, -0.15) is 0 Å². The summed E-state index contributed by atoms with van der Waals surface area (Å²) in [6.07, 6.45) is 0. The number of nitrogens with one attached hydrogen (secondary N) is 1. The molecule has 120 valence electrons. The summed E-state index contributed by atoms with van der Waals surface area (Å²) >= 11 is 11.2. The molecule has 2 aromatic rings. The quantitative estimate of drug-likeness (QED) is 0.765. The van der Waals surface area contributed by atoms with Crippen molar-refractivity contribution in [3.05, 3.63) is 55.4 Å². The molecule has 0 radical (unpaired) electrons. The molecule has 2 heterocycles. The van der Waals surface area contributed by atoms with Crippen LogP contribution < -0.4 is 5.32 Å². The minimum atomic E-state index is -0.212. The lowest BCUT2D eigenvalue weighted by Gasteiger charge is -2.35. The molecule has 1 aromatic heterocycles. The Labute approximate surface area is 153 Å². The standard InChI is InChI=1S/C15H15BrClFN2S.ClH/c16-12-2-1-10(18)9-11(12)15(13-3-4-14(17)21-13)20-7-5-19-6-8-20;/h1-4,9,15,19H,5-8H2;1H/t15-;/m1./s1. The predicted octanol–water partition coefficient (Wildman–Crippen LogP) is 4.72. The molecule has 0 spiro atoms. The fourth-order valence-corrected chi connectivity index (χ4v) is 4.35. The van der Waals surface area contributed by atoms with E-state index in [0.717, 1.165) is 45.4 Å². The third kappa shape index (κ3) is 4.02. The molecule has 1 aliphatic rings. The molecule has 1 atom stereocenters. The minimum Gasteiger partial charge on any atom is -0.314 e. The summed E-state index contributed by atoms with van der Waals surface area (Å²) in [4.78, 5) is 3.52. The Hall–Kier alpha value is -0.170. The highest BCUT2D eigenvalue weighted by Crippen LogP contribution is 2.38. The van der Waals surface area contributed by atoms with Crippen LogP contribution in [0.1, 0.15) is 16.5 Å². The Morgan fingerprint density at radius 2 is 1.95 bits per heavy atom. The summed E-state index contributed by atoms with van der Waals surface area (Å²) in [5.74, 6) is -0.212. The summed E-state index contributed by atoms with van der Waals surface area (Å²) in [7, 11) is 0. The van der Waals surface area contributed by atoms with Gasteiger partial charge in [-0.25, -0.2) is 4.39 Å². The van der Waals surface area contributed by atoms with E-state index in [9.17, 15) is 4.39 Å². The van der Waals surface area contributed by atoms with E-state index < -0.39 is 0 Å². The summed E-state index contributed by atoms with van der Waals surface area (Å²) < 4.78 is 15.4. The molecule has 2 nitrogen and oxygen atoms in total. The van der Waals surface area contributed by atoms with Crippen molar-refractivity contribution in [1.82, 2.24) is 10.2 Å². The van der Waals surface area contributed by atoms with Crippen molar-refractivity contribution in [3.8, 4) is 0 Å². The van der Waals surface area contributed by atoms with E-state index in [-0.39, 0.29) is 24.3 Å². The van der Waals surface area contributed by atoms with Crippen LogP contribution in [-0.4, -0.2) is 31.1 Å². The molecule has 1 aromatic carbocycles. The van der Waals surface area contributed by atoms with Crippen molar-refractivity contribution >= 4 is 51.3 Å². The number of thiophene rings is 1. The predicted molar refractivity (Wildman–Crippen MR) is 97.0 cm³/mol. The maximum absolute atomic E-state index is 13.7. The van der Waals surface area contributed by atoms with Gasteiger partial charge < -0.3 is 5.32 Å². The number of hydrogen-bond acceptors (Lipinski definition) is 3. The van der Waals surface area contributed by atoms with Crippen LogP contribution in [0.2, 0.25) is 4.34 Å². The molecule has 22 heavy (non-hydrogen) atoms. The normalized spacial score (nSPS) is 17.0. The van der Waals surface area contributed by atoms with Gasteiger partial charge in [0.15, 0.2) is 0 Å². The van der Waals surface area contributed by atoms with Crippen molar-refractivity contribution in [2.24, 2.45) is 0 Å². The highest BCUT2D eigenvalue weighted by atomic mass is 79.9. The van der Waals surface area contributed by atoms with Crippen LogP contribution in [0.15, 0.2) is 34.8 Å². The van der Waals surface area contributed by atoms with Crippen molar-refractivity contribution in [2.75, 3.05) is 26.2 Å². The molecular formula is C15H16BrCl2FN2S. The van der Waals surface area contributed by atoms with E-state index in [0.29, 0.717) is 0 Å². The van der Waals surface area contributed by atoms with E-state index in [2.05, 4.69) is 26.1 Å². The molecule has 0 amide bonds. The van der Waals surface area contributed by atoms with E-state index in [1.165, 1.54) is 6.07 Å². The summed E-state index contributed by atoms with van der Waals surface area (Å²) in [6, 6.07) is 8.85.